The maximum Gasteiger partial charge on any atom is 0.223 e. The standard InChI is InChI=1S/C25H33NO.2C23H36N2.C2H6/c1-6-10-21-16-20(15-19-11-8-7-9-12-19)17-22-23(25(3,4)5)13-14-26(18(2)27)24(21)22;1-22(2,3)20-9-13-24-21-8-7-18(15-19(20)21)16-25-14-12-23(17-25)10-5-4-6-11-23;1-2-20-9-14-24-22-8-7-19(17-21(20)22)18-25-15-6-12-23(13-16-25)10-4-3-5-11-23;1-2/h7-9,11-12,16-17,23H,6,10,13-15H2,1-5H3;7-8,15,20,24H,4-6,9-14,16-17H2,1-3H3;7-8,17,20,24H,2-6,9-16,18H2,1H3;1-2H3. The second-order valence-electron chi connectivity index (χ2n) is 28.0. The molecule has 79 heavy (non-hydrogen) atoms. The van der Waals surface area contributed by atoms with E-state index in [0.29, 0.717) is 28.1 Å². The van der Waals surface area contributed by atoms with E-state index in [1.807, 2.05) is 18.7 Å². The van der Waals surface area contributed by atoms with Gasteiger partial charge in [0.05, 0.1) is 5.69 Å². The average molecular weight is 1070 g/mol. The van der Waals surface area contributed by atoms with E-state index in [0.717, 1.165) is 64.3 Å². The lowest BCUT2D eigenvalue weighted by Gasteiger charge is -2.41. The maximum atomic E-state index is 12.4. The van der Waals surface area contributed by atoms with E-state index in [4.69, 9.17) is 0 Å². The van der Waals surface area contributed by atoms with E-state index >= 15 is 0 Å². The number of fused-ring (bicyclic) bond motifs is 3. The molecule has 0 aromatic heterocycles. The molecule has 11 rings (SSSR count). The summed E-state index contributed by atoms with van der Waals surface area (Å²) in [6.07, 6.45) is 28.5. The van der Waals surface area contributed by atoms with Gasteiger partial charge in [-0.1, -0.05) is 181 Å². The number of anilines is 3. The summed E-state index contributed by atoms with van der Waals surface area (Å²) in [7, 11) is 0. The molecule has 7 aliphatic rings. The van der Waals surface area contributed by atoms with E-state index in [-0.39, 0.29) is 11.3 Å². The summed E-state index contributed by atoms with van der Waals surface area (Å²) in [4.78, 5) is 19.9. The van der Waals surface area contributed by atoms with Gasteiger partial charge < -0.3 is 15.5 Å². The molecule has 6 nitrogen and oxygen atoms in total. The van der Waals surface area contributed by atoms with Crippen molar-refractivity contribution in [2.75, 3.05) is 61.3 Å². The number of hydrogen-bond acceptors (Lipinski definition) is 5. The zero-order chi connectivity index (χ0) is 56.2. The van der Waals surface area contributed by atoms with Gasteiger partial charge in [-0.05, 0) is 206 Å². The average Bonchev–Trinajstić information content (AvgIpc) is 3.88. The van der Waals surface area contributed by atoms with Crippen LogP contribution < -0.4 is 15.5 Å². The predicted octanol–water partition coefficient (Wildman–Crippen LogP) is 18.9. The molecule has 2 saturated heterocycles. The molecule has 2 spiro atoms. The van der Waals surface area contributed by atoms with Crippen LogP contribution in [0.3, 0.4) is 0 Å². The Labute approximate surface area is 483 Å². The van der Waals surface area contributed by atoms with Crippen molar-refractivity contribution in [3.63, 3.8) is 0 Å². The Bertz CT molecular complexity index is 2540. The van der Waals surface area contributed by atoms with Gasteiger partial charge >= 0.3 is 0 Å². The molecule has 1 amide bonds. The monoisotopic (exact) mass is 1070 g/mol. The number of hydrogen-bond donors (Lipinski definition) is 2. The van der Waals surface area contributed by atoms with Crippen molar-refractivity contribution in [1.82, 2.24) is 9.80 Å². The third kappa shape index (κ3) is 15.7. The number of aryl methyl sites for hydroxylation is 1. The van der Waals surface area contributed by atoms with Gasteiger partial charge in [0.1, 0.15) is 0 Å². The fourth-order valence-corrected chi connectivity index (χ4v) is 15.9. The SMILES string of the molecule is CC.CC(C)(C)C1CCNc2ccc(CN3CCC4(CCCCC4)C3)cc21.CCC1CCNc2ccc(CN3CCCC4(CCCCC4)CC3)cc21.CCCc1cc(Cc2ccccc2)cc2c1N(C(C)=O)CCC2C(C)(C)C. The quantitative estimate of drug-likeness (QED) is 0.175. The van der Waals surface area contributed by atoms with Crippen molar-refractivity contribution in [3.05, 3.63) is 123 Å². The van der Waals surface area contributed by atoms with E-state index in [1.165, 1.54) is 186 Å². The van der Waals surface area contributed by atoms with E-state index in [9.17, 15) is 4.79 Å². The molecule has 434 valence electrons. The van der Waals surface area contributed by atoms with Gasteiger partial charge in [-0.2, -0.15) is 0 Å². The Kier molecular flexibility index (Phi) is 21.4. The number of rotatable bonds is 9. The summed E-state index contributed by atoms with van der Waals surface area (Å²) >= 11 is 0. The molecule has 4 aromatic carbocycles. The van der Waals surface area contributed by atoms with Crippen molar-refractivity contribution >= 4 is 23.0 Å². The lowest BCUT2D eigenvalue weighted by atomic mass is 9.69. The van der Waals surface area contributed by atoms with Crippen LogP contribution in [0.2, 0.25) is 0 Å². The van der Waals surface area contributed by atoms with Crippen molar-refractivity contribution in [2.24, 2.45) is 21.7 Å². The van der Waals surface area contributed by atoms with Crippen LogP contribution in [0, 0.1) is 21.7 Å². The van der Waals surface area contributed by atoms with Gasteiger partial charge in [0, 0.05) is 57.6 Å². The van der Waals surface area contributed by atoms with Crippen LogP contribution in [-0.4, -0.2) is 61.5 Å². The number of amides is 1. The Hall–Kier alpha value is -4.13. The zero-order valence-corrected chi connectivity index (χ0v) is 52.2. The first-order valence-electron chi connectivity index (χ1n) is 32.7. The molecule has 6 heteroatoms. The second kappa shape index (κ2) is 27.8. The minimum atomic E-state index is 0.164. The van der Waals surface area contributed by atoms with E-state index in [2.05, 4.69) is 155 Å². The van der Waals surface area contributed by atoms with Crippen LogP contribution in [-0.2, 0) is 30.7 Å². The highest BCUT2D eigenvalue weighted by atomic mass is 16.2. The van der Waals surface area contributed by atoms with Crippen molar-refractivity contribution in [3.8, 4) is 0 Å². The smallest absolute Gasteiger partial charge is 0.223 e. The van der Waals surface area contributed by atoms with Crippen molar-refractivity contribution in [1.29, 1.82) is 0 Å². The fraction of sp³-hybridized carbons (Fsp3) is 0.658. The highest BCUT2D eigenvalue weighted by Gasteiger charge is 2.40. The zero-order valence-electron chi connectivity index (χ0n) is 52.2. The Balaban J connectivity index is 0.000000154. The first-order valence-corrected chi connectivity index (χ1v) is 32.7. The van der Waals surface area contributed by atoms with Crippen LogP contribution in [0.4, 0.5) is 17.1 Å². The number of carbonyl (C=O) groups excluding carboxylic acids is 1. The second-order valence-corrected chi connectivity index (χ2v) is 28.0. The normalized spacial score (nSPS) is 22.7. The van der Waals surface area contributed by atoms with Crippen LogP contribution in [0.25, 0.3) is 0 Å². The van der Waals surface area contributed by atoms with Gasteiger partial charge in [-0.3, -0.25) is 14.6 Å². The lowest BCUT2D eigenvalue weighted by molar-refractivity contribution is -0.116. The molecule has 4 fully saturated rings. The molecular formula is C73H111N5O. The molecule has 3 atom stereocenters. The summed E-state index contributed by atoms with van der Waals surface area (Å²) in [5, 5.41) is 7.21. The van der Waals surface area contributed by atoms with Crippen molar-refractivity contribution in [2.45, 2.75) is 242 Å². The minimum Gasteiger partial charge on any atom is -0.385 e. The molecule has 4 aromatic rings. The lowest BCUT2D eigenvalue weighted by Crippen LogP contribution is -2.38. The minimum absolute atomic E-state index is 0.164. The third-order valence-electron chi connectivity index (χ3n) is 20.2. The Morgan fingerprint density at radius 1 is 0.557 bits per heavy atom. The molecule has 0 bridgehead atoms. The Morgan fingerprint density at radius 2 is 1.11 bits per heavy atom. The van der Waals surface area contributed by atoms with Gasteiger partial charge in [-0.25, -0.2) is 0 Å². The molecule has 5 aliphatic heterocycles. The Morgan fingerprint density at radius 3 is 1.75 bits per heavy atom. The topological polar surface area (TPSA) is 50.9 Å². The summed E-state index contributed by atoms with van der Waals surface area (Å²) in [5.41, 5.74) is 17.5. The molecule has 0 radical (unpaired) electrons. The van der Waals surface area contributed by atoms with Crippen LogP contribution in [0.5, 0.6) is 0 Å². The largest absolute Gasteiger partial charge is 0.385 e. The number of benzene rings is 4. The van der Waals surface area contributed by atoms with E-state index < -0.39 is 0 Å². The maximum absolute atomic E-state index is 12.4. The van der Waals surface area contributed by atoms with Crippen LogP contribution >= 0.6 is 0 Å². The molecule has 2 N–H and O–H groups in total. The first kappa shape index (κ1) is 61.0. The van der Waals surface area contributed by atoms with Crippen LogP contribution in [0.15, 0.2) is 78.9 Å². The highest BCUT2D eigenvalue weighted by molar-refractivity contribution is 5.94. The molecule has 2 saturated carbocycles. The first-order chi connectivity index (χ1) is 38.0. The molecule has 2 aliphatic carbocycles. The molecule has 3 unspecified atom stereocenters. The van der Waals surface area contributed by atoms with Crippen molar-refractivity contribution < 1.29 is 4.79 Å². The summed E-state index contributed by atoms with van der Waals surface area (Å²) in [6.45, 7) is 35.1. The summed E-state index contributed by atoms with van der Waals surface area (Å²) in [5.74, 6) is 2.07. The molecule has 5 heterocycles. The highest BCUT2D eigenvalue weighted by Crippen LogP contribution is 2.49. The number of carbonyl (C=O) groups is 1. The number of nitrogens with zero attached hydrogens (tertiary/aromatic N) is 3. The predicted molar refractivity (Wildman–Crippen MR) is 340 cm³/mol. The summed E-state index contributed by atoms with van der Waals surface area (Å²) < 4.78 is 0. The number of likely N-dealkylation sites (tertiary alicyclic amines) is 2. The summed E-state index contributed by atoms with van der Waals surface area (Å²) in [6, 6.07) is 29.8. The molecular weight excluding hydrogens is 963 g/mol. The van der Waals surface area contributed by atoms with Crippen LogP contribution in [0.1, 0.15) is 260 Å². The number of nitrogens with one attached hydrogen (secondary N) is 2. The van der Waals surface area contributed by atoms with Gasteiger partial charge in [0.25, 0.3) is 0 Å². The third-order valence-corrected chi connectivity index (χ3v) is 20.2. The van der Waals surface area contributed by atoms with Gasteiger partial charge in [0.2, 0.25) is 5.91 Å². The van der Waals surface area contributed by atoms with Gasteiger partial charge in [0.15, 0.2) is 0 Å². The fourth-order valence-electron chi connectivity index (χ4n) is 15.9. The van der Waals surface area contributed by atoms with Gasteiger partial charge in [-0.15, -0.1) is 0 Å². The van der Waals surface area contributed by atoms with E-state index in [1.54, 1.807) is 18.1 Å².